The number of rotatable bonds is 7. The van der Waals surface area contributed by atoms with Gasteiger partial charge in [0.05, 0.1) is 12.0 Å². The molecule has 1 unspecified atom stereocenters. The topological polar surface area (TPSA) is 59.5 Å². The third kappa shape index (κ3) is 4.25. The fourth-order valence-electron chi connectivity index (χ4n) is 2.12. The van der Waals surface area contributed by atoms with Crippen LogP contribution in [0.2, 0.25) is 0 Å². The van der Waals surface area contributed by atoms with Crippen molar-refractivity contribution in [1.82, 2.24) is 9.29 Å². The largest absolute Gasteiger partial charge is 0.497 e. The molecule has 0 amide bonds. The second-order valence-corrected chi connectivity index (χ2v) is 7.37. The predicted molar refractivity (Wildman–Crippen MR) is 93.3 cm³/mol. The quantitative estimate of drug-likeness (QED) is 0.778. The highest BCUT2D eigenvalue weighted by Crippen LogP contribution is 2.23. The fourth-order valence-corrected chi connectivity index (χ4v) is 4.05. The highest BCUT2D eigenvalue weighted by atomic mass is 32.2. The van der Waals surface area contributed by atoms with Crippen molar-refractivity contribution in [1.29, 1.82) is 0 Å². The Kier molecular flexibility index (Phi) is 6.04. The third-order valence-corrected chi connectivity index (χ3v) is 5.99. The summed E-state index contributed by atoms with van der Waals surface area (Å²) in [7, 11) is -2.09. The molecule has 0 saturated carbocycles. The monoisotopic (exact) mass is 352 g/mol. The van der Waals surface area contributed by atoms with E-state index in [1.807, 2.05) is 13.0 Å². The zero-order valence-electron chi connectivity index (χ0n) is 13.1. The van der Waals surface area contributed by atoms with Gasteiger partial charge in [0.1, 0.15) is 5.75 Å². The van der Waals surface area contributed by atoms with E-state index in [4.69, 9.17) is 4.74 Å². The van der Waals surface area contributed by atoms with Gasteiger partial charge in [-0.2, -0.15) is 16.9 Å². The predicted octanol–water partition coefficient (Wildman–Crippen LogP) is 2.60. The molecule has 1 heterocycles. The van der Waals surface area contributed by atoms with E-state index in [0.717, 1.165) is 5.56 Å². The maximum absolute atomic E-state index is 13.0. The van der Waals surface area contributed by atoms with Crippen LogP contribution in [-0.4, -0.2) is 36.6 Å². The lowest BCUT2D eigenvalue weighted by Gasteiger charge is -2.27. The first-order valence-corrected chi connectivity index (χ1v) is 9.22. The molecule has 1 aromatic carbocycles. The smallest absolute Gasteiger partial charge is 0.243 e. The number of hydrogen-bond acceptors (Lipinski definition) is 5. The van der Waals surface area contributed by atoms with Crippen LogP contribution in [0.1, 0.15) is 12.5 Å². The number of aromatic nitrogens is 1. The summed E-state index contributed by atoms with van der Waals surface area (Å²) in [4.78, 5) is 4.28. The van der Waals surface area contributed by atoms with Crippen molar-refractivity contribution >= 4 is 22.7 Å². The van der Waals surface area contributed by atoms with E-state index in [-0.39, 0.29) is 17.5 Å². The SMILES string of the molecule is COc1ccc(S(=O)(=O)N(Cc2cccnc2)C(C)CS)cc1. The van der Waals surface area contributed by atoms with Crippen LogP contribution in [-0.2, 0) is 16.6 Å². The van der Waals surface area contributed by atoms with Gasteiger partial charge in [-0.05, 0) is 42.8 Å². The van der Waals surface area contributed by atoms with E-state index in [1.165, 1.54) is 4.31 Å². The molecule has 2 aromatic rings. The molecule has 2 rings (SSSR count). The number of thiol groups is 1. The van der Waals surface area contributed by atoms with Crippen LogP contribution in [0.4, 0.5) is 0 Å². The van der Waals surface area contributed by atoms with Crippen molar-refractivity contribution in [3.05, 3.63) is 54.4 Å². The van der Waals surface area contributed by atoms with Gasteiger partial charge in [-0.1, -0.05) is 6.07 Å². The summed E-state index contributed by atoms with van der Waals surface area (Å²) in [5, 5.41) is 0. The van der Waals surface area contributed by atoms with Gasteiger partial charge in [0.15, 0.2) is 0 Å². The van der Waals surface area contributed by atoms with Crippen molar-refractivity contribution in [2.75, 3.05) is 12.9 Å². The summed E-state index contributed by atoms with van der Waals surface area (Å²) < 4.78 is 32.5. The average molecular weight is 352 g/mol. The number of nitrogens with zero attached hydrogens (tertiary/aromatic N) is 2. The van der Waals surface area contributed by atoms with Gasteiger partial charge in [-0.3, -0.25) is 4.98 Å². The molecule has 0 saturated heterocycles. The van der Waals surface area contributed by atoms with Crippen molar-refractivity contribution in [3.63, 3.8) is 0 Å². The van der Waals surface area contributed by atoms with Gasteiger partial charge >= 0.3 is 0 Å². The standard InChI is InChI=1S/C16H20N2O3S2/c1-13(12-22)18(11-14-4-3-9-17-10-14)23(19,20)16-7-5-15(21-2)6-8-16/h3-10,13,22H,11-12H2,1-2H3. The highest BCUT2D eigenvalue weighted by Gasteiger charge is 2.28. The molecule has 0 radical (unpaired) electrons. The zero-order chi connectivity index (χ0) is 16.9. The van der Waals surface area contributed by atoms with Crippen LogP contribution in [0.3, 0.4) is 0 Å². The summed E-state index contributed by atoms with van der Waals surface area (Å²) >= 11 is 4.26. The zero-order valence-corrected chi connectivity index (χ0v) is 14.8. The molecule has 0 bridgehead atoms. The Morgan fingerprint density at radius 2 is 1.96 bits per heavy atom. The molecule has 23 heavy (non-hydrogen) atoms. The van der Waals surface area contributed by atoms with Crippen LogP contribution < -0.4 is 4.74 Å². The van der Waals surface area contributed by atoms with Gasteiger partial charge in [-0.25, -0.2) is 8.42 Å². The summed E-state index contributed by atoms with van der Waals surface area (Å²) in [6.45, 7) is 2.09. The first kappa shape index (κ1) is 17.8. The number of benzene rings is 1. The molecule has 7 heteroatoms. The third-order valence-electron chi connectivity index (χ3n) is 3.48. The van der Waals surface area contributed by atoms with Crippen LogP contribution in [0.15, 0.2) is 53.7 Å². The first-order chi connectivity index (χ1) is 11.0. The summed E-state index contributed by atoms with van der Waals surface area (Å²) in [6.07, 6.45) is 3.33. The van der Waals surface area contributed by atoms with Crippen molar-refractivity contribution in [2.24, 2.45) is 0 Å². The van der Waals surface area contributed by atoms with Crippen LogP contribution >= 0.6 is 12.6 Å². The van der Waals surface area contributed by atoms with E-state index in [1.54, 1.807) is 49.8 Å². The number of methoxy groups -OCH3 is 1. The van der Waals surface area contributed by atoms with E-state index in [0.29, 0.717) is 11.5 Å². The van der Waals surface area contributed by atoms with Crippen molar-refractivity contribution < 1.29 is 13.2 Å². The van der Waals surface area contributed by atoms with E-state index in [2.05, 4.69) is 17.6 Å². The molecule has 0 N–H and O–H groups in total. The van der Waals surface area contributed by atoms with Gasteiger partial charge < -0.3 is 4.74 Å². The highest BCUT2D eigenvalue weighted by molar-refractivity contribution is 7.89. The Morgan fingerprint density at radius 1 is 1.26 bits per heavy atom. The second kappa shape index (κ2) is 7.81. The Morgan fingerprint density at radius 3 is 2.48 bits per heavy atom. The van der Waals surface area contributed by atoms with Gasteiger partial charge in [0, 0.05) is 30.7 Å². The Bertz CT molecular complexity index is 719. The summed E-state index contributed by atoms with van der Waals surface area (Å²) in [6, 6.07) is 9.78. The number of sulfonamides is 1. The average Bonchev–Trinajstić information content (AvgIpc) is 2.59. The number of hydrogen-bond donors (Lipinski definition) is 1. The molecular weight excluding hydrogens is 332 g/mol. The maximum Gasteiger partial charge on any atom is 0.243 e. The van der Waals surface area contributed by atoms with Crippen LogP contribution in [0.5, 0.6) is 5.75 Å². The van der Waals surface area contributed by atoms with Crippen LogP contribution in [0, 0.1) is 0 Å². The van der Waals surface area contributed by atoms with E-state index >= 15 is 0 Å². The molecule has 5 nitrogen and oxygen atoms in total. The first-order valence-electron chi connectivity index (χ1n) is 7.14. The number of pyridine rings is 1. The molecule has 1 aromatic heterocycles. The van der Waals surface area contributed by atoms with Crippen LogP contribution in [0.25, 0.3) is 0 Å². The lowest BCUT2D eigenvalue weighted by atomic mass is 10.2. The molecule has 0 spiro atoms. The normalized spacial score (nSPS) is 13.0. The summed E-state index contributed by atoms with van der Waals surface area (Å²) in [5.74, 6) is 1.04. The minimum Gasteiger partial charge on any atom is -0.497 e. The van der Waals surface area contributed by atoms with Crippen molar-refractivity contribution in [2.45, 2.75) is 24.4 Å². The molecule has 0 aliphatic heterocycles. The van der Waals surface area contributed by atoms with E-state index < -0.39 is 10.0 Å². The summed E-state index contributed by atoms with van der Waals surface area (Å²) in [5.41, 5.74) is 0.832. The lowest BCUT2D eigenvalue weighted by molar-refractivity contribution is 0.352. The fraction of sp³-hybridized carbons (Fsp3) is 0.312. The Labute approximate surface area is 142 Å². The van der Waals surface area contributed by atoms with Gasteiger partial charge in [-0.15, -0.1) is 0 Å². The maximum atomic E-state index is 13.0. The lowest BCUT2D eigenvalue weighted by Crippen LogP contribution is -2.39. The number of ether oxygens (including phenoxy) is 1. The minimum atomic E-state index is -3.63. The van der Waals surface area contributed by atoms with Gasteiger partial charge in [0.2, 0.25) is 10.0 Å². The Balaban J connectivity index is 2.36. The molecule has 0 aliphatic carbocycles. The minimum absolute atomic E-state index is 0.232. The molecule has 0 fully saturated rings. The molecule has 1 atom stereocenters. The van der Waals surface area contributed by atoms with Gasteiger partial charge in [0.25, 0.3) is 0 Å². The molecule has 124 valence electrons. The Hall–Kier alpha value is -1.57. The molecule has 0 aliphatic rings. The van der Waals surface area contributed by atoms with E-state index in [9.17, 15) is 8.42 Å². The molecular formula is C16H20N2O3S2. The van der Waals surface area contributed by atoms with Crippen molar-refractivity contribution in [3.8, 4) is 5.75 Å². The second-order valence-electron chi connectivity index (χ2n) is 5.12.